The number of carbonyl (C=O) groups excluding carboxylic acids is 2. The highest BCUT2D eigenvalue weighted by atomic mass is 32.1. The number of ether oxygens (including phenoxy) is 1. The minimum Gasteiger partial charge on any atom is -0.497 e. The largest absolute Gasteiger partial charge is 0.497 e. The summed E-state index contributed by atoms with van der Waals surface area (Å²) in [5, 5.41) is 10.6. The van der Waals surface area contributed by atoms with E-state index in [4.69, 9.17) is 9.72 Å². The normalized spacial score (nSPS) is 11.1. The van der Waals surface area contributed by atoms with Gasteiger partial charge in [0.2, 0.25) is 5.91 Å². The Labute approximate surface area is 202 Å². The molecule has 2 N–H and O–H groups in total. The van der Waals surface area contributed by atoms with Crippen LogP contribution in [-0.2, 0) is 11.3 Å². The van der Waals surface area contributed by atoms with Gasteiger partial charge in [0, 0.05) is 17.5 Å². The lowest BCUT2D eigenvalue weighted by Gasteiger charge is -2.11. The average molecular weight is 478 g/mol. The van der Waals surface area contributed by atoms with Crippen LogP contribution in [0.1, 0.15) is 40.7 Å². The molecular formula is C25H27N5O3S. The number of thiophene rings is 1. The Kier molecular flexibility index (Phi) is 6.93. The third-order valence-electron chi connectivity index (χ3n) is 5.35. The molecule has 0 radical (unpaired) electrons. The molecule has 0 atom stereocenters. The molecule has 0 spiro atoms. The highest BCUT2D eigenvalue weighted by molar-refractivity contribution is 7.15. The maximum absolute atomic E-state index is 13.1. The SMILES string of the molecule is COc1ccc(CNC(=O)CNC(=O)c2cc(-c3ccc(C)s3)nc3c2cnn3C(C)C)cc1. The van der Waals surface area contributed by atoms with Gasteiger partial charge in [-0.15, -0.1) is 11.3 Å². The standard InChI is InChI=1S/C25H27N5O3S/c1-15(2)30-24-20(13-28-30)19(11-21(29-24)22-10-5-16(3)34-22)25(32)27-14-23(31)26-12-17-6-8-18(33-4)9-7-17/h5-11,13,15H,12,14H2,1-4H3,(H,26,31)(H,27,32). The smallest absolute Gasteiger partial charge is 0.252 e. The van der Waals surface area contributed by atoms with Crippen molar-refractivity contribution in [2.45, 2.75) is 33.4 Å². The summed E-state index contributed by atoms with van der Waals surface area (Å²) in [5.74, 6) is 0.134. The Bertz CT molecular complexity index is 1320. The van der Waals surface area contributed by atoms with E-state index in [-0.39, 0.29) is 24.4 Å². The summed E-state index contributed by atoms with van der Waals surface area (Å²) >= 11 is 1.62. The molecule has 9 heteroatoms. The second kappa shape index (κ2) is 10.0. The molecule has 0 fully saturated rings. The molecular weight excluding hydrogens is 450 g/mol. The predicted molar refractivity (Wildman–Crippen MR) is 133 cm³/mol. The van der Waals surface area contributed by atoms with Crippen LogP contribution in [-0.4, -0.2) is 40.2 Å². The summed E-state index contributed by atoms with van der Waals surface area (Å²) in [5.41, 5.74) is 2.74. The fourth-order valence-corrected chi connectivity index (χ4v) is 4.37. The van der Waals surface area contributed by atoms with Gasteiger partial charge < -0.3 is 15.4 Å². The van der Waals surface area contributed by atoms with Crippen molar-refractivity contribution in [2.24, 2.45) is 0 Å². The Morgan fingerprint density at radius 3 is 2.53 bits per heavy atom. The Morgan fingerprint density at radius 2 is 1.88 bits per heavy atom. The lowest BCUT2D eigenvalue weighted by atomic mass is 10.1. The van der Waals surface area contributed by atoms with E-state index in [9.17, 15) is 9.59 Å². The number of aromatic nitrogens is 3. The monoisotopic (exact) mass is 477 g/mol. The molecule has 34 heavy (non-hydrogen) atoms. The van der Waals surface area contributed by atoms with Crippen LogP contribution in [0.5, 0.6) is 5.75 Å². The second-order valence-corrected chi connectivity index (χ2v) is 9.48. The van der Waals surface area contributed by atoms with Gasteiger partial charge >= 0.3 is 0 Å². The van der Waals surface area contributed by atoms with Crippen LogP contribution in [0.4, 0.5) is 0 Å². The van der Waals surface area contributed by atoms with Gasteiger partial charge in [-0.05, 0) is 56.7 Å². The first kappa shape index (κ1) is 23.4. The summed E-state index contributed by atoms with van der Waals surface area (Å²) in [7, 11) is 1.61. The fourth-order valence-electron chi connectivity index (χ4n) is 3.54. The number of nitrogens with zero attached hydrogens (tertiary/aromatic N) is 3. The first-order valence-electron chi connectivity index (χ1n) is 11.0. The molecule has 3 heterocycles. The summed E-state index contributed by atoms with van der Waals surface area (Å²) in [6.07, 6.45) is 1.66. The molecule has 3 aromatic heterocycles. The minimum atomic E-state index is -0.343. The maximum Gasteiger partial charge on any atom is 0.252 e. The Balaban J connectivity index is 1.50. The molecule has 4 rings (SSSR count). The van der Waals surface area contributed by atoms with E-state index in [1.807, 2.05) is 57.2 Å². The number of aryl methyl sites for hydroxylation is 1. The zero-order chi connectivity index (χ0) is 24.2. The highest BCUT2D eigenvalue weighted by Crippen LogP contribution is 2.30. The number of hydrogen-bond donors (Lipinski definition) is 2. The second-order valence-electron chi connectivity index (χ2n) is 8.19. The fraction of sp³-hybridized carbons (Fsp3) is 0.280. The number of fused-ring (bicyclic) bond motifs is 1. The predicted octanol–water partition coefficient (Wildman–Crippen LogP) is 4.10. The summed E-state index contributed by atoms with van der Waals surface area (Å²) < 4.78 is 6.94. The average Bonchev–Trinajstić information content (AvgIpc) is 3.47. The van der Waals surface area contributed by atoms with Crippen molar-refractivity contribution in [1.29, 1.82) is 0 Å². The number of hydrogen-bond acceptors (Lipinski definition) is 6. The summed E-state index contributed by atoms with van der Waals surface area (Å²) in [4.78, 5) is 32.4. The molecule has 0 aliphatic rings. The van der Waals surface area contributed by atoms with Crippen LogP contribution >= 0.6 is 11.3 Å². The van der Waals surface area contributed by atoms with Crippen LogP contribution in [0.15, 0.2) is 48.7 Å². The minimum absolute atomic E-state index is 0.0879. The molecule has 176 valence electrons. The molecule has 1 aromatic carbocycles. The van der Waals surface area contributed by atoms with E-state index in [0.717, 1.165) is 21.1 Å². The molecule has 0 aliphatic heterocycles. The van der Waals surface area contributed by atoms with Gasteiger partial charge in [-0.3, -0.25) is 9.59 Å². The third-order valence-corrected chi connectivity index (χ3v) is 6.37. The van der Waals surface area contributed by atoms with Gasteiger partial charge in [-0.1, -0.05) is 12.1 Å². The van der Waals surface area contributed by atoms with Gasteiger partial charge in [0.15, 0.2) is 5.65 Å². The van der Waals surface area contributed by atoms with Crippen molar-refractivity contribution in [3.8, 4) is 16.3 Å². The van der Waals surface area contributed by atoms with Crippen LogP contribution in [0.3, 0.4) is 0 Å². The highest BCUT2D eigenvalue weighted by Gasteiger charge is 2.19. The summed E-state index contributed by atoms with van der Waals surface area (Å²) in [6.45, 7) is 6.29. The van der Waals surface area contributed by atoms with Gasteiger partial charge in [0.25, 0.3) is 5.91 Å². The van der Waals surface area contributed by atoms with E-state index >= 15 is 0 Å². The number of carbonyl (C=O) groups is 2. The molecule has 0 aliphatic carbocycles. The number of nitrogens with one attached hydrogen (secondary N) is 2. The van der Waals surface area contributed by atoms with E-state index in [1.165, 1.54) is 0 Å². The number of rotatable bonds is 8. The molecule has 2 amide bonds. The first-order valence-corrected chi connectivity index (χ1v) is 11.8. The molecule has 0 saturated heterocycles. The van der Waals surface area contributed by atoms with Gasteiger partial charge in [0.1, 0.15) is 5.75 Å². The van der Waals surface area contributed by atoms with Crippen LogP contribution in [0, 0.1) is 6.92 Å². The lowest BCUT2D eigenvalue weighted by molar-refractivity contribution is -0.120. The molecule has 0 bridgehead atoms. The third kappa shape index (κ3) is 5.09. The summed E-state index contributed by atoms with van der Waals surface area (Å²) in [6, 6.07) is 13.3. The number of methoxy groups -OCH3 is 1. The Hall–Kier alpha value is -3.72. The zero-order valence-electron chi connectivity index (χ0n) is 19.6. The molecule has 0 saturated carbocycles. The Morgan fingerprint density at radius 1 is 1.12 bits per heavy atom. The molecule has 4 aromatic rings. The van der Waals surface area contributed by atoms with Crippen LogP contribution < -0.4 is 15.4 Å². The topological polar surface area (TPSA) is 98.1 Å². The van der Waals surface area contributed by atoms with Gasteiger partial charge in [-0.2, -0.15) is 5.10 Å². The number of pyridine rings is 1. The van der Waals surface area contributed by atoms with E-state index < -0.39 is 0 Å². The first-order chi connectivity index (χ1) is 16.4. The quantitative estimate of drug-likeness (QED) is 0.398. The van der Waals surface area contributed by atoms with Gasteiger partial charge in [-0.25, -0.2) is 9.67 Å². The van der Waals surface area contributed by atoms with Gasteiger partial charge in [0.05, 0.1) is 41.4 Å². The van der Waals surface area contributed by atoms with Crippen molar-refractivity contribution in [1.82, 2.24) is 25.4 Å². The van der Waals surface area contributed by atoms with Crippen LogP contribution in [0.25, 0.3) is 21.6 Å². The van der Waals surface area contributed by atoms with Crippen LogP contribution in [0.2, 0.25) is 0 Å². The van der Waals surface area contributed by atoms with E-state index in [0.29, 0.717) is 28.8 Å². The molecule has 0 unspecified atom stereocenters. The maximum atomic E-state index is 13.1. The lowest BCUT2D eigenvalue weighted by Crippen LogP contribution is -2.36. The van der Waals surface area contributed by atoms with E-state index in [2.05, 4.69) is 15.7 Å². The molecule has 8 nitrogen and oxygen atoms in total. The number of benzene rings is 1. The number of amides is 2. The van der Waals surface area contributed by atoms with Crippen molar-refractivity contribution in [3.63, 3.8) is 0 Å². The van der Waals surface area contributed by atoms with Crippen molar-refractivity contribution in [3.05, 3.63) is 64.7 Å². The van der Waals surface area contributed by atoms with Crippen molar-refractivity contribution >= 4 is 34.2 Å². The zero-order valence-corrected chi connectivity index (χ0v) is 20.4. The van der Waals surface area contributed by atoms with Crippen molar-refractivity contribution in [2.75, 3.05) is 13.7 Å². The van der Waals surface area contributed by atoms with E-state index in [1.54, 1.807) is 35.4 Å². The van der Waals surface area contributed by atoms with Crippen molar-refractivity contribution < 1.29 is 14.3 Å².